The maximum Gasteiger partial charge on any atom is 0.159 e. The van der Waals surface area contributed by atoms with Crippen LogP contribution in [0.5, 0.6) is 0 Å². The molecule has 0 spiro atoms. The van der Waals surface area contributed by atoms with Gasteiger partial charge in [-0.3, -0.25) is 0 Å². The summed E-state index contributed by atoms with van der Waals surface area (Å²) in [5, 5.41) is 10.5. The van der Waals surface area contributed by atoms with Gasteiger partial charge in [0.05, 0.1) is 6.20 Å². The van der Waals surface area contributed by atoms with E-state index in [1.165, 1.54) is 12.1 Å². The molecule has 4 rings (SSSR count). The van der Waals surface area contributed by atoms with E-state index in [1.54, 1.807) is 22.8 Å². The van der Waals surface area contributed by atoms with Gasteiger partial charge in [0.25, 0.3) is 0 Å². The molecular formula is C15H13F2N5. The Morgan fingerprint density at radius 3 is 2.59 bits per heavy atom. The van der Waals surface area contributed by atoms with Gasteiger partial charge in [0.1, 0.15) is 23.3 Å². The quantitative estimate of drug-likeness (QED) is 0.776. The zero-order valence-electron chi connectivity index (χ0n) is 11.6. The molecule has 7 heteroatoms. The Hall–Kier alpha value is -2.70. The lowest BCUT2D eigenvalue weighted by molar-refractivity contribution is 0.584. The van der Waals surface area contributed by atoms with Crippen LogP contribution in [-0.2, 0) is 0 Å². The number of hydrogen-bond acceptors (Lipinski definition) is 4. The molecule has 22 heavy (non-hydrogen) atoms. The number of benzene rings is 1. The van der Waals surface area contributed by atoms with E-state index in [9.17, 15) is 8.78 Å². The average molecular weight is 301 g/mol. The molecule has 1 aliphatic rings. The largest absolute Gasteiger partial charge is 0.367 e. The molecule has 0 radical (unpaired) electrons. The summed E-state index contributed by atoms with van der Waals surface area (Å²) in [5.74, 6) is 0.0338. The van der Waals surface area contributed by atoms with Gasteiger partial charge in [-0.05, 0) is 25.0 Å². The predicted molar refractivity (Wildman–Crippen MR) is 79.3 cm³/mol. The summed E-state index contributed by atoms with van der Waals surface area (Å²) in [6, 6.07) is 7.28. The van der Waals surface area contributed by atoms with Crippen LogP contribution in [0.25, 0.3) is 5.65 Å². The van der Waals surface area contributed by atoms with Gasteiger partial charge in [-0.2, -0.15) is 9.61 Å². The summed E-state index contributed by atoms with van der Waals surface area (Å²) in [6.45, 7) is 0. The second-order valence-corrected chi connectivity index (χ2v) is 5.33. The molecule has 0 saturated heterocycles. The molecule has 0 atom stereocenters. The van der Waals surface area contributed by atoms with E-state index < -0.39 is 11.6 Å². The van der Waals surface area contributed by atoms with Gasteiger partial charge < -0.3 is 10.6 Å². The molecule has 3 aromatic rings. The van der Waals surface area contributed by atoms with Crippen molar-refractivity contribution >= 4 is 23.0 Å². The van der Waals surface area contributed by atoms with E-state index in [1.807, 2.05) is 0 Å². The maximum absolute atomic E-state index is 13.3. The van der Waals surface area contributed by atoms with E-state index in [4.69, 9.17) is 0 Å². The summed E-state index contributed by atoms with van der Waals surface area (Å²) in [7, 11) is 0. The molecule has 2 N–H and O–H groups in total. The molecule has 0 aliphatic heterocycles. The second kappa shape index (κ2) is 4.94. The molecule has 5 nitrogen and oxygen atoms in total. The molecule has 0 bridgehead atoms. The number of rotatable bonds is 4. The van der Waals surface area contributed by atoms with E-state index in [0.29, 0.717) is 23.2 Å². The topological polar surface area (TPSA) is 54.2 Å². The zero-order chi connectivity index (χ0) is 15.1. The molecule has 112 valence electrons. The zero-order valence-corrected chi connectivity index (χ0v) is 11.6. The third-order valence-electron chi connectivity index (χ3n) is 3.42. The highest BCUT2D eigenvalue weighted by atomic mass is 19.1. The van der Waals surface area contributed by atoms with Crippen molar-refractivity contribution in [2.45, 2.75) is 18.9 Å². The smallest absolute Gasteiger partial charge is 0.159 e. The van der Waals surface area contributed by atoms with Gasteiger partial charge in [0, 0.05) is 29.9 Å². The van der Waals surface area contributed by atoms with E-state index >= 15 is 0 Å². The first-order valence-electron chi connectivity index (χ1n) is 7.02. The summed E-state index contributed by atoms with van der Waals surface area (Å²) < 4.78 is 28.2. The second-order valence-electron chi connectivity index (χ2n) is 5.33. The van der Waals surface area contributed by atoms with E-state index in [-0.39, 0.29) is 0 Å². The SMILES string of the molecule is Fc1cc(F)cc(Nc2cc(NC3CC3)n3nccc3n2)c1. The first-order chi connectivity index (χ1) is 10.7. The Kier molecular flexibility index (Phi) is 2.92. The fourth-order valence-corrected chi connectivity index (χ4v) is 2.29. The fraction of sp³-hybridized carbons (Fsp3) is 0.200. The first kappa shape index (κ1) is 13.0. The average Bonchev–Trinajstić information content (AvgIpc) is 3.12. The van der Waals surface area contributed by atoms with Gasteiger partial charge in [0.15, 0.2) is 5.65 Å². The minimum atomic E-state index is -0.635. The summed E-state index contributed by atoms with van der Waals surface area (Å²) in [5.41, 5.74) is 0.969. The molecule has 0 unspecified atom stereocenters. The first-order valence-corrected chi connectivity index (χ1v) is 7.02. The lowest BCUT2D eigenvalue weighted by atomic mass is 10.3. The Morgan fingerprint density at radius 1 is 1.09 bits per heavy atom. The standard InChI is InChI=1S/C15H13F2N5/c16-9-5-10(17)7-12(6-9)19-13-8-15(20-11-1-2-11)22-14(21-13)3-4-18-22/h3-8,11,20H,1-2H2,(H,19,21). The Bertz CT molecular complexity index is 821. The van der Waals surface area contributed by atoms with Gasteiger partial charge in [-0.1, -0.05) is 0 Å². The molecule has 0 amide bonds. The molecule has 1 aliphatic carbocycles. The van der Waals surface area contributed by atoms with Crippen LogP contribution in [0.4, 0.5) is 26.1 Å². The van der Waals surface area contributed by atoms with Crippen molar-refractivity contribution in [2.24, 2.45) is 0 Å². The van der Waals surface area contributed by atoms with Gasteiger partial charge in [-0.15, -0.1) is 0 Å². The van der Waals surface area contributed by atoms with Crippen LogP contribution in [0.2, 0.25) is 0 Å². The van der Waals surface area contributed by atoms with Crippen LogP contribution in [-0.4, -0.2) is 20.6 Å². The monoisotopic (exact) mass is 301 g/mol. The van der Waals surface area contributed by atoms with Crippen LogP contribution in [0.1, 0.15) is 12.8 Å². The number of nitrogens with zero attached hydrogens (tertiary/aromatic N) is 3. The van der Waals surface area contributed by atoms with Crippen LogP contribution in [0, 0.1) is 11.6 Å². The minimum Gasteiger partial charge on any atom is -0.367 e. The van der Waals surface area contributed by atoms with Crippen LogP contribution in [0.15, 0.2) is 36.5 Å². The van der Waals surface area contributed by atoms with Crippen LogP contribution >= 0.6 is 0 Å². The number of anilines is 3. The molecule has 2 aromatic heterocycles. The summed E-state index contributed by atoms with van der Waals surface area (Å²) >= 11 is 0. The van der Waals surface area contributed by atoms with Crippen molar-refractivity contribution in [3.05, 3.63) is 48.2 Å². The van der Waals surface area contributed by atoms with E-state index in [2.05, 4.69) is 20.7 Å². The van der Waals surface area contributed by atoms with Crippen LogP contribution in [0.3, 0.4) is 0 Å². The van der Waals surface area contributed by atoms with Crippen molar-refractivity contribution in [2.75, 3.05) is 10.6 Å². The van der Waals surface area contributed by atoms with Crippen molar-refractivity contribution in [3.63, 3.8) is 0 Å². The van der Waals surface area contributed by atoms with E-state index in [0.717, 1.165) is 24.7 Å². The van der Waals surface area contributed by atoms with Gasteiger partial charge >= 0.3 is 0 Å². The highest BCUT2D eigenvalue weighted by Crippen LogP contribution is 2.27. The number of hydrogen-bond donors (Lipinski definition) is 2. The van der Waals surface area contributed by atoms with Crippen LogP contribution < -0.4 is 10.6 Å². The predicted octanol–water partition coefficient (Wildman–Crippen LogP) is 3.33. The highest BCUT2D eigenvalue weighted by molar-refractivity contribution is 5.63. The Balaban J connectivity index is 1.71. The normalized spacial score (nSPS) is 14.3. The number of aromatic nitrogens is 3. The third kappa shape index (κ3) is 2.57. The minimum absolute atomic E-state index is 0.311. The lowest BCUT2D eigenvalue weighted by Crippen LogP contribution is -2.08. The molecular weight excluding hydrogens is 288 g/mol. The van der Waals surface area contributed by atoms with Gasteiger partial charge in [0.2, 0.25) is 0 Å². The van der Waals surface area contributed by atoms with Crippen molar-refractivity contribution in [1.82, 2.24) is 14.6 Å². The van der Waals surface area contributed by atoms with Crippen molar-refractivity contribution < 1.29 is 8.78 Å². The third-order valence-corrected chi connectivity index (χ3v) is 3.42. The Morgan fingerprint density at radius 2 is 1.86 bits per heavy atom. The summed E-state index contributed by atoms with van der Waals surface area (Å²) in [4.78, 5) is 4.38. The lowest BCUT2D eigenvalue weighted by Gasteiger charge is -2.11. The number of nitrogens with one attached hydrogen (secondary N) is 2. The number of fused-ring (bicyclic) bond motifs is 1. The van der Waals surface area contributed by atoms with Gasteiger partial charge in [-0.25, -0.2) is 13.8 Å². The highest BCUT2D eigenvalue weighted by Gasteiger charge is 2.22. The maximum atomic E-state index is 13.3. The molecule has 1 saturated carbocycles. The van der Waals surface area contributed by atoms with Crippen molar-refractivity contribution in [1.29, 1.82) is 0 Å². The van der Waals surface area contributed by atoms with Crippen molar-refractivity contribution in [3.8, 4) is 0 Å². The fourth-order valence-electron chi connectivity index (χ4n) is 2.29. The summed E-state index contributed by atoms with van der Waals surface area (Å²) in [6.07, 6.45) is 3.91. The molecule has 2 heterocycles. The molecule has 1 fully saturated rings. The Labute approximate surface area is 125 Å². The molecule has 1 aromatic carbocycles. The number of halogens is 2.